The van der Waals surface area contributed by atoms with E-state index in [0.29, 0.717) is 11.5 Å². The van der Waals surface area contributed by atoms with Gasteiger partial charge in [-0.15, -0.1) is 0 Å². The van der Waals surface area contributed by atoms with Crippen LogP contribution in [0.1, 0.15) is 26.2 Å². The number of amides is 1. The third-order valence-electron chi connectivity index (χ3n) is 2.27. The van der Waals surface area contributed by atoms with Gasteiger partial charge in [0.15, 0.2) is 0 Å². The number of hydrogen-bond acceptors (Lipinski definition) is 1. The molecule has 0 radical (unpaired) electrons. The second-order valence-electron chi connectivity index (χ2n) is 3.61. The van der Waals surface area contributed by atoms with Crippen LogP contribution in [0.2, 0.25) is 0 Å². The monoisotopic (exact) mass is 179 g/mol. The largest absolute Gasteiger partial charge is 0.352 e. The molecule has 1 atom stereocenters. The summed E-state index contributed by atoms with van der Waals surface area (Å²) in [7, 11) is 0. The van der Waals surface area contributed by atoms with E-state index in [-0.39, 0.29) is 5.91 Å². The number of carbonyl (C=O) groups is 1. The van der Waals surface area contributed by atoms with Gasteiger partial charge in [0, 0.05) is 12.1 Å². The minimum absolute atomic E-state index is 0.0287. The van der Waals surface area contributed by atoms with Crippen molar-refractivity contribution in [3.63, 3.8) is 0 Å². The van der Waals surface area contributed by atoms with Gasteiger partial charge in [0.2, 0.25) is 5.91 Å². The molecule has 0 heterocycles. The summed E-state index contributed by atoms with van der Waals surface area (Å²) in [6, 6.07) is 0. The molecular formula is C11H17NO. The molecule has 72 valence electrons. The van der Waals surface area contributed by atoms with Crippen LogP contribution in [-0.2, 0) is 4.79 Å². The standard InChI is InChI=1S/C11H17NO/c1-9(2)11(13)12-8-10-6-4-3-5-7-10/h4,6,10H,1,3,5,7-8H2,2H3,(H,12,13). The second-order valence-corrected chi connectivity index (χ2v) is 3.61. The van der Waals surface area contributed by atoms with Crippen molar-refractivity contribution in [1.82, 2.24) is 5.32 Å². The first-order valence-corrected chi connectivity index (χ1v) is 4.80. The van der Waals surface area contributed by atoms with Crippen LogP contribution >= 0.6 is 0 Å². The van der Waals surface area contributed by atoms with Gasteiger partial charge in [-0.25, -0.2) is 0 Å². The summed E-state index contributed by atoms with van der Waals surface area (Å²) in [6.07, 6.45) is 8.01. The van der Waals surface area contributed by atoms with Gasteiger partial charge < -0.3 is 5.32 Å². The summed E-state index contributed by atoms with van der Waals surface area (Å²) >= 11 is 0. The fraction of sp³-hybridized carbons (Fsp3) is 0.545. The molecule has 1 unspecified atom stereocenters. The Balaban J connectivity index is 2.25. The molecule has 0 aliphatic heterocycles. The third kappa shape index (κ3) is 3.45. The first-order valence-electron chi connectivity index (χ1n) is 4.80. The molecule has 0 fully saturated rings. The van der Waals surface area contributed by atoms with E-state index in [4.69, 9.17) is 0 Å². The lowest BCUT2D eigenvalue weighted by molar-refractivity contribution is -0.117. The van der Waals surface area contributed by atoms with Crippen molar-refractivity contribution in [2.45, 2.75) is 26.2 Å². The van der Waals surface area contributed by atoms with Gasteiger partial charge in [-0.3, -0.25) is 4.79 Å². The first-order chi connectivity index (χ1) is 6.20. The van der Waals surface area contributed by atoms with E-state index in [2.05, 4.69) is 24.0 Å². The Morgan fingerprint density at radius 2 is 2.46 bits per heavy atom. The van der Waals surface area contributed by atoms with Crippen LogP contribution < -0.4 is 5.32 Å². The minimum atomic E-state index is -0.0287. The maximum Gasteiger partial charge on any atom is 0.246 e. The molecule has 1 amide bonds. The molecule has 1 aliphatic rings. The molecule has 1 aliphatic carbocycles. The number of hydrogen-bond donors (Lipinski definition) is 1. The second kappa shape index (κ2) is 4.85. The van der Waals surface area contributed by atoms with Crippen LogP contribution in [0, 0.1) is 5.92 Å². The van der Waals surface area contributed by atoms with Gasteiger partial charge in [-0.05, 0) is 32.1 Å². The van der Waals surface area contributed by atoms with E-state index in [9.17, 15) is 4.79 Å². The zero-order valence-corrected chi connectivity index (χ0v) is 8.18. The summed E-state index contributed by atoms with van der Waals surface area (Å²) in [6.45, 7) is 6.07. The van der Waals surface area contributed by atoms with E-state index in [0.717, 1.165) is 6.54 Å². The Labute approximate surface area is 79.7 Å². The van der Waals surface area contributed by atoms with Crippen LogP contribution in [0.4, 0.5) is 0 Å². The van der Waals surface area contributed by atoms with Crippen LogP contribution in [0.15, 0.2) is 24.3 Å². The van der Waals surface area contributed by atoms with E-state index >= 15 is 0 Å². The summed E-state index contributed by atoms with van der Waals surface area (Å²) in [4.78, 5) is 11.2. The normalized spacial score (nSPS) is 21.2. The molecule has 2 nitrogen and oxygen atoms in total. The van der Waals surface area contributed by atoms with Crippen LogP contribution in [0.3, 0.4) is 0 Å². The maximum atomic E-state index is 11.2. The summed E-state index contributed by atoms with van der Waals surface area (Å²) in [5.74, 6) is 0.496. The smallest absolute Gasteiger partial charge is 0.246 e. The molecule has 1 rings (SSSR count). The van der Waals surface area contributed by atoms with E-state index in [1.807, 2.05) is 0 Å². The zero-order chi connectivity index (χ0) is 9.68. The molecule has 0 spiro atoms. The molecule has 1 N–H and O–H groups in total. The molecule has 0 aromatic heterocycles. The number of rotatable bonds is 3. The predicted octanol–water partition coefficient (Wildman–Crippen LogP) is 2.04. The number of nitrogens with one attached hydrogen (secondary N) is 1. The molecule has 0 saturated heterocycles. The predicted molar refractivity (Wildman–Crippen MR) is 54.3 cm³/mol. The molecular weight excluding hydrogens is 162 g/mol. The van der Waals surface area contributed by atoms with Crippen LogP contribution in [0.25, 0.3) is 0 Å². The maximum absolute atomic E-state index is 11.2. The van der Waals surface area contributed by atoms with Crippen molar-refractivity contribution in [2.75, 3.05) is 6.54 Å². The quantitative estimate of drug-likeness (QED) is 0.521. The molecule has 0 saturated carbocycles. The SMILES string of the molecule is C=C(C)C(=O)NCC1C=CCCC1. The lowest BCUT2D eigenvalue weighted by Crippen LogP contribution is -2.29. The van der Waals surface area contributed by atoms with Gasteiger partial charge >= 0.3 is 0 Å². The Morgan fingerprint density at radius 3 is 3.00 bits per heavy atom. The highest BCUT2D eigenvalue weighted by molar-refractivity contribution is 5.92. The highest BCUT2D eigenvalue weighted by Crippen LogP contribution is 2.15. The topological polar surface area (TPSA) is 29.1 Å². The van der Waals surface area contributed by atoms with E-state index in [1.165, 1.54) is 19.3 Å². The lowest BCUT2D eigenvalue weighted by atomic mass is 9.96. The molecule has 2 heteroatoms. The van der Waals surface area contributed by atoms with Gasteiger partial charge in [0.1, 0.15) is 0 Å². The average molecular weight is 179 g/mol. The van der Waals surface area contributed by atoms with E-state index in [1.54, 1.807) is 6.92 Å². The molecule has 0 aromatic carbocycles. The third-order valence-corrected chi connectivity index (χ3v) is 2.27. The van der Waals surface area contributed by atoms with Crippen molar-refractivity contribution in [3.8, 4) is 0 Å². The molecule has 13 heavy (non-hydrogen) atoms. The van der Waals surface area contributed by atoms with Gasteiger partial charge in [0.25, 0.3) is 0 Å². The van der Waals surface area contributed by atoms with Crippen LogP contribution in [0.5, 0.6) is 0 Å². The Bertz CT molecular complexity index is 230. The highest BCUT2D eigenvalue weighted by atomic mass is 16.1. The number of carbonyl (C=O) groups excluding carboxylic acids is 1. The summed E-state index contributed by atoms with van der Waals surface area (Å²) in [5, 5.41) is 2.86. The molecule has 0 bridgehead atoms. The van der Waals surface area contributed by atoms with Crippen molar-refractivity contribution < 1.29 is 4.79 Å². The van der Waals surface area contributed by atoms with Gasteiger partial charge in [-0.1, -0.05) is 18.7 Å². The van der Waals surface area contributed by atoms with Gasteiger partial charge in [-0.2, -0.15) is 0 Å². The Hall–Kier alpha value is -1.05. The fourth-order valence-electron chi connectivity index (χ4n) is 1.43. The first kappa shape index (κ1) is 10.0. The van der Waals surface area contributed by atoms with Crippen molar-refractivity contribution in [3.05, 3.63) is 24.3 Å². The van der Waals surface area contributed by atoms with E-state index < -0.39 is 0 Å². The fourth-order valence-corrected chi connectivity index (χ4v) is 1.43. The molecule has 0 aromatic rings. The average Bonchev–Trinajstić information content (AvgIpc) is 2.15. The Morgan fingerprint density at radius 1 is 1.69 bits per heavy atom. The lowest BCUT2D eigenvalue weighted by Gasteiger charge is -2.16. The van der Waals surface area contributed by atoms with Gasteiger partial charge in [0.05, 0.1) is 0 Å². The van der Waals surface area contributed by atoms with Crippen molar-refractivity contribution >= 4 is 5.91 Å². The summed E-state index contributed by atoms with van der Waals surface area (Å²) < 4.78 is 0. The van der Waals surface area contributed by atoms with Crippen LogP contribution in [-0.4, -0.2) is 12.5 Å². The summed E-state index contributed by atoms with van der Waals surface area (Å²) in [5.41, 5.74) is 0.583. The highest BCUT2D eigenvalue weighted by Gasteiger charge is 2.09. The minimum Gasteiger partial charge on any atom is -0.352 e. The Kier molecular flexibility index (Phi) is 3.74. The van der Waals surface area contributed by atoms with Crippen molar-refractivity contribution in [1.29, 1.82) is 0 Å². The number of allylic oxidation sites excluding steroid dienone is 1. The van der Waals surface area contributed by atoms with Crippen molar-refractivity contribution in [2.24, 2.45) is 5.92 Å². The zero-order valence-electron chi connectivity index (χ0n) is 8.18.